The molecule has 3 rings (SSSR count). The van der Waals surface area contributed by atoms with Crippen LogP contribution in [0.1, 0.15) is 11.7 Å². The quantitative estimate of drug-likeness (QED) is 0.923. The van der Waals surface area contributed by atoms with Crippen molar-refractivity contribution in [2.45, 2.75) is 6.10 Å². The van der Waals surface area contributed by atoms with Gasteiger partial charge in [-0.1, -0.05) is 12.1 Å². The first-order chi connectivity index (χ1) is 8.92. The first kappa shape index (κ1) is 11.6. The summed E-state index contributed by atoms with van der Waals surface area (Å²) in [5, 5.41) is 5.20. The maximum absolute atomic E-state index is 5.72. The van der Waals surface area contributed by atoms with E-state index < -0.39 is 0 Å². The van der Waals surface area contributed by atoms with Gasteiger partial charge in [-0.2, -0.15) is 0 Å². The predicted octanol–water partition coefficient (Wildman–Crippen LogP) is 2.60. The van der Waals surface area contributed by atoms with Crippen molar-refractivity contribution in [3.05, 3.63) is 40.7 Å². The second-order valence-electron chi connectivity index (χ2n) is 4.06. The van der Waals surface area contributed by atoms with E-state index in [0.29, 0.717) is 5.88 Å². The summed E-state index contributed by atoms with van der Waals surface area (Å²) in [5.41, 5.74) is 2.89. The molecule has 5 heteroatoms. The van der Waals surface area contributed by atoms with Crippen LogP contribution in [0.25, 0.3) is 0 Å². The molecule has 1 aromatic heterocycles. The van der Waals surface area contributed by atoms with Crippen molar-refractivity contribution in [3.8, 4) is 11.6 Å². The molecule has 2 heterocycles. The van der Waals surface area contributed by atoms with Crippen LogP contribution in [-0.4, -0.2) is 24.7 Å². The molecule has 1 saturated heterocycles. The Hall–Kier alpha value is -1.43. The van der Waals surface area contributed by atoms with Crippen molar-refractivity contribution >= 4 is 11.3 Å². The second-order valence-corrected chi connectivity index (χ2v) is 4.78. The van der Waals surface area contributed by atoms with Gasteiger partial charge in [0.05, 0.1) is 23.6 Å². The summed E-state index contributed by atoms with van der Waals surface area (Å²) in [7, 11) is 0. The molecule has 0 radical (unpaired) electrons. The number of ether oxygens (including phenoxy) is 2. The summed E-state index contributed by atoms with van der Waals surface area (Å²) < 4.78 is 11.4. The van der Waals surface area contributed by atoms with Gasteiger partial charge in [0, 0.05) is 13.1 Å². The van der Waals surface area contributed by atoms with Crippen LogP contribution in [0.3, 0.4) is 0 Å². The second kappa shape index (κ2) is 5.48. The van der Waals surface area contributed by atoms with Crippen LogP contribution >= 0.6 is 11.3 Å². The smallest absolute Gasteiger partial charge is 0.230 e. The zero-order valence-corrected chi connectivity index (χ0v) is 10.7. The van der Waals surface area contributed by atoms with E-state index >= 15 is 0 Å². The Bertz CT molecular complexity index is 495. The molecular weight excluding hydrogens is 248 g/mol. The van der Waals surface area contributed by atoms with Gasteiger partial charge in [0.15, 0.2) is 0 Å². The Morgan fingerprint density at radius 2 is 2.44 bits per heavy atom. The number of hydrogen-bond donors (Lipinski definition) is 1. The third-order valence-corrected chi connectivity index (χ3v) is 3.35. The van der Waals surface area contributed by atoms with Gasteiger partial charge in [-0.3, -0.25) is 0 Å². The summed E-state index contributed by atoms with van der Waals surface area (Å²) >= 11 is 1.52. The molecule has 1 fully saturated rings. The number of nitrogens with zero attached hydrogens (tertiary/aromatic N) is 1. The van der Waals surface area contributed by atoms with Crippen molar-refractivity contribution in [1.82, 2.24) is 10.3 Å². The van der Waals surface area contributed by atoms with Crippen LogP contribution < -0.4 is 10.1 Å². The molecule has 1 aliphatic rings. The zero-order chi connectivity index (χ0) is 12.2. The number of thiazole rings is 1. The predicted molar refractivity (Wildman–Crippen MR) is 70.2 cm³/mol. The molecule has 18 heavy (non-hydrogen) atoms. The number of rotatable bonds is 3. The Kier molecular flexibility index (Phi) is 3.54. The summed E-state index contributed by atoms with van der Waals surface area (Å²) in [5.74, 6) is 1.44. The molecule has 0 amide bonds. The van der Waals surface area contributed by atoms with Crippen molar-refractivity contribution < 1.29 is 9.47 Å². The third kappa shape index (κ3) is 2.69. The fourth-order valence-electron chi connectivity index (χ4n) is 1.93. The van der Waals surface area contributed by atoms with E-state index in [9.17, 15) is 0 Å². The van der Waals surface area contributed by atoms with E-state index in [1.807, 2.05) is 23.6 Å². The van der Waals surface area contributed by atoms with E-state index in [2.05, 4.69) is 16.4 Å². The number of morpholine rings is 1. The van der Waals surface area contributed by atoms with Crippen LogP contribution in [0.5, 0.6) is 11.6 Å². The zero-order valence-electron chi connectivity index (χ0n) is 9.83. The van der Waals surface area contributed by atoms with Crippen LogP contribution in [0.15, 0.2) is 35.2 Å². The molecule has 2 aromatic rings. The van der Waals surface area contributed by atoms with Gasteiger partial charge < -0.3 is 14.8 Å². The highest BCUT2D eigenvalue weighted by Crippen LogP contribution is 2.26. The lowest BCUT2D eigenvalue weighted by Gasteiger charge is -2.24. The maximum Gasteiger partial charge on any atom is 0.230 e. The van der Waals surface area contributed by atoms with Crippen molar-refractivity contribution in [3.63, 3.8) is 0 Å². The molecule has 0 saturated carbocycles. The van der Waals surface area contributed by atoms with Crippen molar-refractivity contribution in [2.75, 3.05) is 19.7 Å². The lowest BCUT2D eigenvalue weighted by atomic mass is 10.1. The Morgan fingerprint density at radius 3 is 3.22 bits per heavy atom. The molecule has 4 nitrogen and oxygen atoms in total. The number of hydrogen-bond acceptors (Lipinski definition) is 5. The van der Waals surface area contributed by atoms with Crippen LogP contribution in [0, 0.1) is 0 Å². The van der Waals surface area contributed by atoms with Crippen LogP contribution in [-0.2, 0) is 4.74 Å². The topological polar surface area (TPSA) is 43.4 Å². The normalized spacial score (nSPS) is 19.7. The number of aromatic nitrogens is 1. The standard InChI is InChI=1S/C13H14N2O2S/c1-2-10(12-7-14-4-5-16-12)6-11(3-1)17-13-8-18-9-15-13/h1-3,6,8-9,12,14H,4-5,7H2/t12-/m0/s1. The fraction of sp³-hybridized carbons (Fsp3) is 0.308. The lowest BCUT2D eigenvalue weighted by Crippen LogP contribution is -2.33. The van der Waals surface area contributed by atoms with Gasteiger partial charge in [0.2, 0.25) is 5.88 Å². The highest BCUT2D eigenvalue weighted by molar-refractivity contribution is 7.07. The molecule has 0 bridgehead atoms. The van der Waals surface area contributed by atoms with E-state index in [1.165, 1.54) is 11.3 Å². The van der Waals surface area contributed by atoms with Gasteiger partial charge in [-0.15, -0.1) is 11.3 Å². The SMILES string of the molecule is c1cc(Oc2cscn2)cc([C@@H]2CNCCO2)c1. The largest absolute Gasteiger partial charge is 0.438 e. The average molecular weight is 262 g/mol. The number of nitrogens with one attached hydrogen (secondary N) is 1. The molecule has 0 unspecified atom stereocenters. The monoisotopic (exact) mass is 262 g/mol. The van der Waals surface area contributed by atoms with Crippen molar-refractivity contribution in [1.29, 1.82) is 0 Å². The van der Waals surface area contributed by atoms with Crippen LogP contribution in [0.4, 0.5) is 0 Å². The van der Waals surface area contributed by atoms with Gasteiger partial charge in [-0.25, -0.2) is 4.98 Å². The van der Waals surface area contributed by atoms with Crippen LogP contribution in [0.2, 0.25) is 0 Å². The average Bonchev–Trinajstić information content (AvgIpc) is 2.93. The lowest BCUT2D eigenvalue weighted by molar-refractivity contribution is 0.0276. The highest BCUT2D eigenvalue weighted by atomic mass is 32.1. The van der Waals surface area contributed by atoms with Gasteiger partial charge in [0.1, 0.15) is 5.75 Å². The molecule has 1 aromatic carbocycles. The van der Waals surface area contributed by atoms with Gasteiger partial charge in [-0.05, 0) is 17.7 Å². The van der Waals surface area contributed by atoms with Gasteiger partial charge >= 0.3 is 0 Å². The Morgan fingerprint density at radius 1 is 1.44 bits per heavy atom. The minimum Gasteiger partial charge on any atom is -0.438 e. The van der Waals surface area contributed by atoms with E-state index in [1.54, 1.807) is 5.51 Å². The summed E-state index contributed by atoms with van der Waals surface area (Å²) in [6.45, 7) is 2.52. The Labute approximate surface area is 110 Å². The van der Waals surface area contributed by atoms with E-state index in [4.69, 9.17) is 9.47 Å². The van der Waals surface area contributed by atoms with Gasteiger partial charge in [0.25, 0.3) is 0 Å². The third-order valence-electron chi connectivity index (χ3n) is 2.79. The fourth-order valence-corrected chi connectivity index (χ4v) is 2.38. The Balaban J connectivity index is 1.76. The maximum atomic E-state index is 5.72. The summed E-state index contributed by atoms with van der Waals surface area (Å²) in [4.78, 5) is 4.11. The summed E-state index contributed by atoms with van der Waals surface area (Å²) in [6, 6.07) is 7.98. The highest BCUT2D eigenvalue weighted by Gasteiger charge is 2.16. The molecule has 1 atom stereocenters. The first-order valence-electron chi connectivity index (χ1n) is 5.90. The number of benzene rings is 1. The van der Waals surface area contributed by atoms with E-state index in [-0.39, 0.29) is 6.10 Å². The molecular formula is C13H14N2O2S. The minimum absolute atomic E-state index is 0.109. The van der Waals surface area contributed by atoms with E-state index in [0.717, 1.165) is 31.0 Å². The first-order valence-corrected chi connectivity index (χ1v) is 6.84. The summed E-state index contributed by atoms with van der Waals surface area (Å²) in [6.07, 6.45) is 0.109. The molecule has 0 spiro atoms. The molecule has 1 N–H and O–H groups in total. The molecule has 0 aliphatic carbocycles. The van der Waals surface area contributed by atoms with Crippen molar-refractivity contribution in [2.24, 2.45) is 0 Å². The molecule has 1 aliphatic heterocycles. The molecule has 94 valence electrons. The minimum atomic E-state index is 0.109.